The number of aromatic amines is 1. The molecule has 0 radical (unpaired) electrons. The molecule has 4 nitrogen and oxygen atoms in total. The molecule has 1 amide bonds. The molecule has 1 aliphatic heterocycles. The fourth-order valence-electron chi connectivity index (χ4n) is 3.33. The highest BCUT2D eigenvalue weighted by Gasteiger charge is 2.23. The molecule has 22 heavy (non-hydrogen) atoms. The number of carbonyl (C=O) groups excluding carboxylic acids is 1. The number of nitrogens with zero attached hydrogens (tertiary/aromatic N) is 1. The lowest BCUT2D eigenvalue weighted by Crippen LogP contribution is -2.43. The Hall–Kier alpha value is -1.88. The average molecular weight is 303 g/mol. The molecule has 0 saturated carbocycles. The third-order valence-corrected chi connectivity index (χ3v) is 4.44. The molecule has 2 N–H and O–H groups in total. The average Bonchev–Trinajstić information content (AvgIpc) is 2.90. The van der Waals surface area contributed by atoms with Gasteiger partial charge in [0.15, 0.2) is 0 Å². The number of piperidine rings is 1. The maximum atomic E-state index is 13.2. The van der Waals surface area contributed by atoms with Crippen LogP contribution in [0.3, 0.4) is 0 Å². The van der Waals surface area contributed by atoms with Crippen LogP contribution >= 0.6 is 0 Å². The van der Waals surface area contributed by atoms with Crippen LogP contribution < -0.4 is 5.32 Å². The Morgan fingerprint density at radius 1 is 1.50 bits per heavy atom. The molecule has 118 valence electrons. The van der Waals surface area contributed by atoms with Gasteiger partial charge in [-0.25, -0.2) is 4.39 Å². The molecule has 1 aliphatic rings. The monoisotopic (exact) mass is 303 g/mol. The first-order valence-corrected chi connectivity index (χ1v) is 7.85. The summed E-state index contributed by atoms with van der Waals surface area (Å²) in [5.41, 5.74) is 1.69. The predicted molar refractivity (Wildman–Crippen MR) is 85.2 cm³/mol. The quantitative estimate of drug-likeness (QED) is 0.910. The summed E-state index contributed by atoms with van der Waals surface area (Å²) in [4.78, 5) is 17.6. The van der Waals surface area contributed by atoms with E-state index < -0.39 is 0 Å². The molecular formula is C17H22FN3O. The standard InChI is InChI=1S/C17H22FN3O/c1-19-9-12-3-2-6-21(11-12)17(22)7-13-10-20-16-8-14(18)4-5-15(13)16/h4-5,8,10,12,19-20H,2-3,6-7,9,11H2,1H3. The molecule has 0 aliphatic carbocycles. The second-order valence-corrected chi connectivity index (χ2v) is 6.09. The largest absolute Gasteiger partial charge is 0.361 e. The van der Waals surface area contributed by atoms with Crippen molar-refractivity contribution in [2.75, 3.05) is 26.7 Å². The van der Waals surface area contributed by atoms with Gasteiger partial charge >= 0.3 is 0 Å². The number of H-pyrrole nitrogens is 1. The number of nitrogens with one attached hydrogen (secondary N) is 2. The summed E-state index contributed by atoms with van der Waals surface area (Å²) in [7, 11) is 1.95. The number of hydrogen-bond acceptors (Lipinski definition) is 2. The number of likely N-dealkylation sites (tertiary alicyclic amines) is 1. The summed E-state index contributed by atoms with van der Waals surface area (Å²) < 4.78 is 13.2. The summed E-state index contributed by atoms with van der Waals surface area (Å²) in [6, 6.07) is 4.64. The van der Waals surface area contributed by atoms with E-state index in [9.17, 15) is 9.18 Å². The molecule has 0 bridgehead atoms. The zero-order valence-electron chi connectivity index (χ0n) is 12.9. The second-order valence-electron chi connectivity index (χ2n) is 6.09. The molecule has 3 rings (SSSR count). The first kappa shape index (κ1) is 15.0. The Bertz CT molecular complexity index is 665. The van der Waals surface area contributed by atoms with Crippen LogP contribution in [0.15, 0.2) is 24.4 Å². The van der Waals surface area contributed by atoms with Gasteiger partial charge in [-0.05, 0) is 56.1 Å². The van der Waals surface area contributed by atoms with Crippen LogP contribution in [0, 0.1) is 11.7 Å². The van der Waals surface area contributed by atoms with Crippen molar-refractivity contribution < 1.29 is 9.18 Å². The van der Waals surface area contributed by atoms with Crippen molar-refractivity contribution in [1.82, 2.24) is 15.2 Å². The van der Waals surface area contributed by atoms with E-state index in [4.69, 9.17) is 0 Å². The number of hydrogen-bond donors (Lipinski definition) is 2. The minimum atomic E-state index is -0.266. The highest BCUT2D eigenvalue weighted by molar-refractivity contribution is 5.89. The Morgan fingerprint density at radius 2 is 2.36 bits per heavy atom. The van der Waals surface area contributed by atoms with Crippen molar-refractivity contribution in [3.8, 4) is 0 Å². The van der Waals surface area contributed by atoms with Gasteiger partial charge in [0.1, 0.15) is 5.82 Å². The van der Waals surface area contributed by atoms with Crippen LogP contribution in [0.5, 0.6) is 0 Å². The van der Waals surface area contributed by atoms with Gasteiger partial charge < -0.3 is 15.2 Å². The van der Waals surface area contributed by atoms with Gasteiger partial charge in [0.2, 0.25) is 5.91 Å². The van der Waals surface area contributed by atoms with Gasteiger partial charge in [-0.2, -0.15) is 0 Å². The fourth-order valence-corrected chi connectivity index (χ4v) is 3.33. The van der Waals surface area contributed by atoms with Gasteiger partial charge in [0.25, 0.3) is 0 Å². The number of fused-ring (bicyclic) bond motifs is 1. The lowest BCUT2D eigenvalue weighted by molar-refractivity contribution is -0.132. The van der Waals surface area contributed by atoms with Crippen molar-refractivity contribution in [1.29, 1.82) is 0 Å². The van der Waals surface area contributed by atoms with E-state index in [0.29, 0.717) is 12.3 Å². The summed E-state index contributed by atoms with van der Waals surface area (Å²) in [6.45, 7) is 2.63. The molecule has 1 saturated heterocycles. The Kier molecular flexibility index (Phi) is 4.43. The summed E-state index contributed by atoms with van der Waals surface area (Å²) in [5, 5.41) is 4.12. The fraction of sp³-hybridized carbons (Fsp3) is 0.471. The first-order chi connectivity index (χ1) is 10.7. The Morgan fingerprint density at radius 3 is 3.18 bits per heavy atom. The normalized spacial score (nSPS) is 18.8. The molecule has 1 fully saturated rings. The van der Waals surface area contributed by atoms with E-state index in [0.717, 1.165) is 42.5 Å². The van der Waals surface area contributed by atoms with E-state index in [1.54, 1.807) is 6.07 Å². The summed E-state index contributed by atoms with van der Waals surface area (Å²) >= 11 is 0. The van der Waals surface area contributed by atoms with Crippen LogP contribution in [-0.2, 0) is 11.2 Å². The second kappa shape index (κ2) is 6.48. The molecule has 2 aromatic rings. The van der Waals surface area contributed by atoms with Crippen molar-refractivity contribution in [2.45, 2.75) is 19.3 Å². The Labute approximate surface area is 129 Å². The first-order valence-electron chi connectivity index (χ1n) is 7.85. The molecule has 1 aromatic carbocycles. The minimum absolute atomic E-state index is 0.158. The van der Waals surface area contributed by atoms with Crippen LogP contribution in [0.25, 0.3) is 10.9 Å². The number of aromatic nitrogens is 1. The zero-order chi connectivity index (χ0) is 15.5. The van der Waals surface area contributed by atoms with Crippen molar-refractivity contribution in [3.63, 3.8) is 0 Å². The van der Waals surface area contributed by atoms with Crippen molar-refractivity contribution in [2.24, 2.45) is 5.92 Å². The molecule has 0 spiro atoms. The van der Waals surface area contributed by atoms with Crippen LogP contribution in [0.1, 0.15) is 18.4 Å². The highest BCUT2D eigenvalue weighted by Crippen LogP contribution is 2.22. The maximum absolute atomic E-state index is 13.2. The van der Waals surface area contributed by atoms with E-state index in [1.807, 2.05) is 18.1 Å². The van der Waals surface area contributed by atoms with Crippen LogP contribution in [0.2, 0.25) is 0 Å². The predicted octanol–water partition coefficient (Wildman–Crippen LogP) is 2.31. The lowest BCUT2D eigenvalue weighted by atomic mass is 9.97. The molecular weight excluding hydrogens is 281 g/mol. The molecule has 1 atom stereocenters. The van der Waals surface area contributed by atoms with E-state index in [-0.39, 0.29) is 11.7 Å². The zero-order valence-corrected chi connectivity index (χ0v) is 12.9. The maximum Gasteiger partial charge on any atom is 0.227 e. The van der Waals surface area contributed by atoms with Crippen LogP contribution in [0.4, 0.5) is 4.39 Å². The topological polar surface area (TPSA) is 48.1 Å². The number of amides is 1. The SMILES string of the molecule is CNCC1CCCN(C(=O)Cc2c[nH]c3cc(F)ccc23)C1. The van der Waals surface area contributed by atoms with Gasteiger partial charge in [-0.3, -0.25) is 4.79 Å². The third-order valence-electron chi connectivity index (χ3n) is 4.44. The van der Waals surface area contributed by atoms with Gasteiger partial charge in [0, 0.05) is 30.2 Å². The third kappa shape index (κ3) is 3.14. The number of rotatable bonds is 4. The number of carbonyl (C=O) groups is 1. The minimum Gasteiger partial charge on any atom is -0.361 e. The van der Waals surface area contributed by atoms with Gasteiger partial charge in [0.05, 0.1) is 6.42 Å². The lowest BCUT2D eigenvalue weighted by Gasteiger charge is -2.32. The van der Waals surface area contributed by atoms with Crippen molar-refractivity contribution >= 4 is 16.8 Å². The number of halogens is 1. The molecule has 2 heterocycles. The molecule has 1 unspecified atom stereocenters. The van der Waals surface area contributed by atoms with E-state index >= 15 is 0 Å². The van der Waals surface area contributed by atoms with Gasteiger partial charge in [-0.15, -0.1) is 0 Å². The van der Waals surface area contributed by atoms with E-state index in [1.165, 1.54) is 18.6 Å². The Balaban J connectivity index is 1.70. The van der Waals surface area contributed by atoms with Crippen molar-refractivity contribution in [3.05, 3.63) is 35.8 Å². The highest BCUT2D eigenvalue weighted by atomic mass is 19.1. The van der Waals surface area contributed by atoms with E-state index in [2.05, 4.69) is 10.3 Å². The smallest absolute Gasteiger partial charge is 0.227 e. The van der Waals surface area contributed by atoms with Crippen LogP contribution in [-0.4, -0.2) is 42.5 Å². The van der Waals surface area contributed by atoms with Gasteiger partial charge in [-0.1, -0.05) is 0 Å². The molecule has 1 aromatic heterocycles. The summed E-state index contributed by atoms with van der Waals surface area (Å²) in [5.74, 6) is 0.434. The summed E-state index contributed by atoms with van der Waals surface area (Å²) in [6.07, 6.45) is 4.43. The molecule has 5 heteroatoms. The number of benzene rings is 1.